The minimum absolute atomic E-state index is 0.175. The quantitative estimate of drug-likeness (QED) is 0.0535. The molecule has 0 bridgehead atoms. The summed E-state index contributed by atoms with van der Waals surface area (Å²) in [6, 6.07) is 9.46. The molecule has 1 aromatic rings. The molecule has 0 unspecified atom stereocenters. The lowest BCUT2D eigenvalue weighted by atomic mass is 9.78. The fraction of sp³-hybridized carbons (Fsp3) is 0.805. The topological polar surface area (TPSA) is 176 Å². The van der Waals surface area contributed by atoms with Crippen molar-refractivity contribution in [2.24, 2.45) is 17.8 Å². The largest absolute Gasteiger partial charge is 0.458 e. The number of nitrogens with one attached hydrogen (secondary N) is 2. The summed E-state index contributed by atoms with van der Waals surface area (Å²) in [5.74, 6) is -2.83. The molecule has 0 aliphatic carbocycles. The Bertz CT molecular complexity index is 1350. The molecule has 56 heavy (non-hydrogen) atoms. The SMILES string of the molecule is CC[C@H]1OC(=O)[C@H](C)[C@@H](O)[C@H](C)[C@@H](O[C@@H]2O[C@H](C)C[C@H](N(C)C)[C@H]2O)[C@](C)(O)C[C@@H](C)CN(CCCNC(=S)NCCCc2ccccc2)[C@H](C)[C@@H](O)[C@@]1(O)I. The number of benzene rings is 1. The zero-order valence-corrected chi connectivity index (χ0v) is 37.9. The van der Waals surface area contributed by atoms with E-state index in [0.717, 1.165) is 19.4 Å². The van der Waals surface area contributed by atoms with Crippen LogP contribution < -0.4 is 10.6 Å². The first-order valence-electron chi connectivity index (χ1n) is 20.4. The highest BCUT2D eigenvalue weighted by Crippen LogP contribution is 2.38. The summed E-state index contributed by atoms with van der Waals surface area (Å²) in [5.41, 5.74) is -0.283. The highest BCUT2D eigenvalue weighted by Gasteiger charge is 2.50. The highest BCUT2D eigenvalue weighted by molar-refractivity contribution is 14.1. The third-order valence-electron chi connectivity index (χ3n) is 11.6. The van der Waals surface area contributed by atoms with Crippen LogP contribution in [0.2, 0.25) is 0 Å². The Balaban J connectivity index is 1.84. The Morgan fingerprint density at radius 3 is 2.27 bits per heavy atom. The summed E-state index contributed by atoms with van der Waals surface area (Å²) in [7, 11) is 3.76. The molecule has 2 heterocycles. The number of esters is 1. The second-order valence-corrected chi connectivity index (χ2v) is 18.9. The fourth-order valence-electron chi connectivity index (χ4n) is 8.27. The molecule has 0 saturated carbocycles. The van der Waals surface area contributed by atoms with Crippen molar-refractivity contribution < 1.29 is 44.5 Å². The maximum atomic E-state index is 13.6. The number of carbonyl (C=O) groups is 1. The summed E-state index contributed by atoms with van der Waals surface area (Å²) >= 11 is 7.31. The molecule has 2 aliphatic rings. The van der Waals surface area contributed by atoms with Crippen LogP contribution in [0.3, 0.4) is 0 Å². The van der Waals surface area contributed by atoms with Crippen molar-refractivity contribution >= 4 is 45.9 Å². The highest BCUT2D eigenvalue weighted by atomic mass is 127. The standard InChI is InChI=1S/C41H71IN4O9S/c1-10-32-41(42,52)35(49)29(6)46(21-15-20-44-39(56)43-19-14-18-30-16-12-11-13-17-30)24-25(2)23-40(7,51)36(27(4)33(47)28(5)37(50)54-32)55-38-34(48)31(45(8)9)22-26(3)53-38/h11-13,16-17,25-29,31-36,38,47-49,51-52H,10,14-15,18-24H2,1-9H3,(H2,43,44,56)/t25-,26-,27+,28-,29-,31+,32-,33+,34-,35-,36-,38+,40-,41-/m1/s1. The third-order valence-corrected chi connectivity index (χ3v) is 13.2. The number of likely N-dealkylation sites (N-methyl/N-ethyl adjacent to an activating group) is 1. The van der Waals surface area contributed by atoms with E-state index in [1.165, 1.54) is 12.5 Å². The first-order chi connectivity index (χ1) is 26.2. The van der Waals surface area contributed by atoms with Gasteiger partial charge in [-0.15, -0.1) is 0 Å². The number of thiocarbonyl (C=S) groups is 1. The molecule has 15 heteroatoms. The molecule has 1 aromatic carbocycles. The van der Waals surface area contributed by atoms with E-state index in [2.05, 4.69) is 27.7 Å². The van der Waals surface area contributed by atoms with Crippen LogP contribution in [0.15, 0.2) is 30.3 Å². The van der Waals surface area contributed by atoms with Crippen LogP contribution in [0.1, 0.15) is 86.1 Å². The average molecular weight is 923 g/mol. The van der Waals surface area contributed by atoms with Gasteiger partial charge in [-0.3, -0.25) is 9.69 Å². The van der Waals surface area contributed by atoms with E-state index in [0.29, 0.717) is 37.6 Å². The minimum atomic E-state index is -1.85. The predicted octanol–water partition coefficient (Wildman–Crippen LogP) is 3.21. The molecule has 3 rings (SSSR count). The van der Waals surface area contributed by atoms with Gasteiger partial charge in [-0.25, -0.2) is 0 Å². The zero-order valence-electron chi connectivity index (χ0n) is 34.9. The molecular formula is C41H71IN4O9S. The average Bonchev–Trinajstić information content (AvgIpc) is 3.14. The molecule has 0 spiro atoms. The Morgan fingerprint density at radius 2 is 1.66 bits per heavy atom. The first-order valence-corrected chi connectivity index (χ1v) is 21.8. The molecule has 0 radical (unpaired) electrons. The van der Waals surface area contributed by atoms with E-state index < -0.39 is 69.9 Å². The monoisotopic (exact) mass is 922 g/mol. The molecule has 2 saturated heterocycles. The summed E-state index contributed by atoms with van der Waals surface area (Å²) in [6.45, 7) is 14.7. The lowest BCUT2D eigenvalue weighted by Gasteiger charge is -2.46. The van der Waals surface area contributed by atoms with Gasteiger partial charge in [-0.1, -0.05) is 51.1 Å². The van der Waals surface area contributed by atoms with Gasteiger partial charge in [0, 0.05) is 44.2 Å². The van der Waals surface area contributed by atoms with Gasteiger partial charge in [-0.05, 0) is 127 Å². The van der Waals surface area contributed by atoms with E-state index in [1.54, 1.807) is 43.4 Å². The molecular weight excluding hydrogens is 851 g/mol. The second kappa shape index (κ2) is 22.4. The lowest BCUT2D eigenvalue weighted by Crippen LogP contribution is -2.59. The smallest absolute Gasteiger partial charge is 0.311 e. The number of aliphatic hydroxyl groups excluding tert-OH is 3. The predicted molar refractivity (Wildman–Crippen MR) is 230 cm³/mol. The zero-order chi connectivity index (χ0) is 42.0. The van der Waals surface area contributed by atoms with Crippen molar-refractivity contribution in [2.45, 2.75) is 151 Å². The van der Waals surface area contributed by atoms with Crippen LogP contribution >= 0.6 is 34.8 Å². The molecule has 322 valence electrons. The molecule has 13 nitrogen and oxygen atoms in total. The number of rotatable bonds is 12. The molecule has 0 aromatic heterocycles. The number of carbonyl (C=O) groups excluding carboxylic acids is 1. The number of halogens is 1. The number of nitrogens with zero attached hydrogens (tertiary/aromatic N) is 2. The number of aliphatic hydroxyl groups is 5. The molecule has 2 aliphatic heterocycles. The number of cyclic esters (lactones) is 1. The minimum Gasteiger partial charge on any atom is -0.458 e. The van der Waals surface area contributed by atoms with Gasteiger partial charge < -0.3 is 55.3 Å². The summed E-state index contributed by atoms with van der Waals surface area (Å²) < 4.78 is 16.6. The van der Waals surface area contributed by atoms with E-state index in [-0.39, 0.29) is 30.9 Å². The Kier molecular flexibility index (Phi) is 19.6. The lowest BCUT2D eigenvalue weighted by molar-refractivity contribution is -0.299. The van der Waals surface area contributed by atoms with E-state index >= 15 is 0 Å². The third kappa shape index (κ3) is 13.6. The maximum absolute atomic E-state index is 13.6. The molecule has 2 fully saturated rings. The van der Waals surface area contributed by atoms with Crippen molar-refractivity contribution in [3.8, 4) is 0 Å². The van der Waals surface area contributed by atoms with Gasteiger partial charge in [0.05, 0.1) is 29.8 Å². The van der Waals surface area contributed by atoms with Crippen molar-refractivity contribution in [1.82, 2.24) is 20.4 Å². The number of hydrogen-bond acceptors (Lipinski definition) is 12. The van der Waals surface area contributed by atoms with Crippen molar-refractivity contribution in [3.05, 3.63) is 35.9 Å². The van der Waals surface area contributed by atoms with Crippen LogP contribution in [-0.2, 0) is 25.4 Å². The molecule has 0 amide bonds. The Hall–Kier alpha value is -1.25. The van der Waals surface area contributed by atoms with Gasteiger partial charge in [0.2, 0.25) is 0 Å². The number of alkyl halides is 1. The van der Waals surface area contributed by atoms with Crippen molar-refractivity contribution in [1.29, 1.82) is 0 Å². The first kappa shape index (κ1) is 49.1. The number of aryl methyl sites for hydroxylation is 1. The molecule has 14 atom stereocenters. The number of hydrogen-bond donors (Lipinski definition) is 7. The van der Waals surface area contributed by atoms with Crippen LogP contribution in [0.25, 0.3) is 0 Å². The Labute approximate surface area is 354 Å². The summed E-state index contributed by atoms with van der Waals surface area (Å²) in [6.07, 6.45) is -3.62. The van der Waals surface area contributed by atoms with Crippen LogP contribution in [0.4, 0.5) is 0 Å². The fourth-order valence-corrected chi connectivity index (χ4v) is 9.56. The maximum Gasteiger partial charge on any atom is 0.311 e. The second-order valence-electron chi connectivity index (χ2n) is 16.8. The number of ether oxygens (including phenoxy) is 3. The van der Waals surface area contributed by atoms with Crippen LogP contribution in [0, 0.1) is 17.8 Å². The molecule has 7 N–H and O–H groups in total. The van der Waals surface area contributed by atoms with Crippen molar-refractivity contribution in [3.63, 3.8) is 0 Å². The van der Waals surface area contributed by atoms with E-state index in [9.17, 15) is 30.3 Å². The normalized spacial score (nSPS) is 38.3. The van der Waals surface area contributed by atoms with Gasteiger partial charge in [0.15, 0.2) is 15.0 Å². The summed E-state index contributed by atoms with van der Waals surface area (Å²) in [4.78, 5) is 17.6. The summed E-state index contributed by atoms with van der Waals surface area (Å²) in [5, 5.41) is 66.1. The van der Waals surface area contributed by atoms with E-state index in [4.69, 9.17) is 26.4 Å². The van der Waals surface area contributed by atoms with Crippen molar-refractivity contribution in [2.75, 3.05) is 40.3 Å². The van der Waals surface area contributed by atoms with Gasteiger partial charge in [-0.2, -0.15) is 0 Å². The van der Waals surface area contributed by atoms with Crippen LogP contribution in [-0.4, -0.2) is 151 Å². The van der Waals surface area contributed by atoms with E-state index in [1.807, 2.05) is 58.0 Å². The van der Waals surface area contributed by atoms with Gasteiger partial charge in [0.1, 0.15) is 18.3 Å². The Morgan fingerprint density at radius 1 is 1.04 bits per heavy atom. The van der Waals surface area contributed by atoms with Crippen LogP contribution in [0.5, 0.6) is 0 Å². The van der Waals surface area contributed by atoms with Gasteiger partial charge >= 0.3 is 5.97 Å². The van der Waals surface area contributed by atoms with Gasteiger partial charge in [0.25, 0.3) is 0 Å².